The van der Waals surface area contributed by atoms with Crippen molar-refractivity contribution in [2.75, 3.05) is 38.7 Å². The Kier molecular flexibility index (Phi) is 7.94. The van der Waals surface area contributed by atoms with Gasteiger partial charge in [-0.15, -0.1) is 5.10 Å². The topological polar surface area (TPSA) is 80.7 Å². The molecule has 1 aliphatic heterocycles. The predicted molar refractivity (Wildman–Crippen MR) is 127 cm³/mol. The molecule has 2 amide bonds. The number of carbonyl (C=O) groups is 1. The van der Waals surface area contributed by atoms with Crippen LogP contribution in [0.1, 0.15) is 17.0 Å². The van der Waals surface area contributed by atoms with Gasteiger partial charge in [-0.1, -0.05) is 36.4 Å². The molecule has 4 rings (SSSR count). The van der Waals surface area contributed by atoms with E-state index in [0.717, 1.165) is 11.6 Å². The van der Waals surface area contributed by atoms with Gasteiger partial charge in [0.25, 0.3) is 0 Å². The largest absolute Gasteiger partial charge is 0.472 e. The lowest BCUT2D eigenvalue weighted by atomic mass is 9.94. The van der Waals surface area contributed by atoms with Gasteiger partial charge in [-0.25, -0.2) is 18.3 Å². The zero-order valence-electron chi connectivity index (χ0n) is 19.7. The number of anilines is 1. The van der Waals surface area contributed by atoms with E-state index in [-0.39, 0.29) is 12.0 Å². The van der Waals surface area contributed by atoms with Crippen LogP contribution >= 0.6 is 0 Å². The number of rotatable bonds is 9. The van der Waals surface area contributed by atoms with Crippen molar-refractivity contribution in [3.8, 4) is 5.88 Å². The maximum atomic E-state index is 13.9. The Morgan fingerprint density at radius 3 is 2.66 bits per heavy atom. The van der Waals surface area contributed by atoms with Crippen LogP contribution in [0.15, 0.2) is 54.6 Å². The van der Waals surface area contributed by atoms with E-state index in [2.05, 4.69) is 20.6 Å². The molecule has 0 saturated carbocycles. The highest BCUT2D eigenvalue weighted by Gasteiger charge is 2.35. The molecule has 2 unspecified atom stereocenters. The van der Waals surface area contributed by atoms with E-state index >= 15 is 0 Å². The maximum absolute atomic E-state index is 13.9. The Morgan fingerprint density at radius 2 is 1.91 bits per heavy atom. The van der Waals surface area contributed by atoms with Crippen LogP contribution in [-0.2, 0) is 18.4 Å². The lowest BCUT2D eigenvalue weighted by Crippen LogP contribution is -2.42. The first-order chi connectivity index (χ1) is 16.9. The molecular weight excluding hydrogens is 456 g/mol. The minimum atomic E-state index is -0.904. The van der Waals surface area contributed by atoms with Gasteiger partial charge in [0, 0.05) is 45.8 Å². The summed E-state index contributed by atoms with van der Waals surface area (Å²) >= 11 is 0. The second kappa shape index (κ2) is 11.3. The first-order valence-electron chi connectivity index (χ1n) is 11.4. The standard InChI is InChI=1S/C25H29F2N5O3/c1-31-23(13-24(30-31)35-16-17-6-4-3-5-7-17)29-25(33)28-22-15-32(10-11-34-2)14-19(22)18-8-9-20(26)21(27)12-18/h3-9,12-13,19,22H,10-11,14-16H2,1-2H3,(H2,28,29,33). The summed E-state index contributed by atoms with van der Waals surface area (Å²) in [6.45, 7) is 2.70. The number of aryl methyl sites for hydroxylation is 1. The van der Waals surface area contributed by atoms with Gasteiger partial charge in [-0.2, -0.15) is 0 Å². The highest BCUT2D eigenvalue weighted by Crippen LogP contribution is 2.29. The summed E-state index contributed by atoms with van der Waals surface area (Å²) < 4.78 is 39.8. The van der Waals surface area contributed by atoms with Gasteiger partial charge < -0.3 is 14.8 Å². The molecule has 0 bridgehead atoms. The first-order valence-corrected chi connectivity index (χ1v) is 11.4. The van der Waals surface area contributed by atoms with Crippen molar-refractivity contribution < 1.29 is 23.0 Å². The normalized spacial score (nSPS) is 17.9. The van der Waals surface area contributed by atoms with Gasteiger partial charge in [-0.3, -0.25) is 10.2 Å². The summed E-state index contributed by atoms with van der Waals surface area (Å²) in [5.41, 5.74) is 1.64. The quantitative estimate of drug-likeness (QED) is 0.485. The first kappa shape index (κ1) is 24.6. The molecule has 1 aromatic heterocycles. The Hall–Kier alpha value is -3.50. The Bertz CT molecular complexity index is 1140. The number of carbonyl (C=O) groups excluding carboxylic acids is 1. The zero-order valence-corrected chi connectivity index (χ0v) is 19.7. The number of amides is 2. The molecule has 0 spiro atoms. The highest BCUT2D eigenvalue weighted by molar-refractivity contribution is 5.88. The van der Waals surface area contributed by atoms with Crippen molar-refractivity contribution in [3.63, 3.8) is 0 Å². The fourth-order valence-corrected chi connectivity index (χ4v) is 4.20. The van der Waals surface area contributed by atoms with Crippen LogP contribution in [0.25, 0.3) is 0 Å². The van der Waals surface area contributed by atoms with Crippen LogP contribution in [0.3, 0.4) is 0 Å². The number of likely N-dealkylation sites (tertiary alicyclic amines) is 1. The molecule has 0 aliphatic carbocycles. The molecule has 2 N–H and O–H groups in total. The van der Waals surface area contributed by atoms with E-state index in [1.54, 1.807) is 26.3 Å². The molecule has 1 fully saturated rings. The summed E-state index contributed by atoms with van der Waals surface area (Å²) in [5, 5.41) is 10.1. The molecule has 10 heteroatoms. The number of methoxy groups -OCH3 is 1. The monoisotopic (exact) mass is 485 g/mol. The lowest BCUT2D eigenvalue weighted by Gasteiger charge is -2.20. The number of hydrogen-bond donors (Lipinski definition) is 2. The molecule has 1 aliphatic rings. The van der Waals surface area contributed by atoms with E-state index in [1.807, 2.05) is 30.3 Å². The van der Waals surface area contributed by atoms with Gasteiger partial charge in [-0.05, 0) is 23.3 Å². The molecule has 8 nitrogen and oxygen atoms in total. The lowest BCUT2D eigenvalue weighted by molar-refractivity contribution is 0.159. The third-order valence-corrected chi connectivity index (χ3v) is 6.02. The van der Waals surface area contributed by atoms with Gasteiger partial charge >= 0.3 is 6.03 Å². The Labute approximate surface area is 202 Å². The molecule has 2 aromatic carbocycles. The van der Waals surface area contributed by atoms with Gasteiger partial charge in [0.05, 0.1) is 12.6 Å². The van der Waals surface area contributed by atoms with Crippen LogP contribution in [-0.4, -0.2) is 60.1 Å². The second-order valence-corrected chi connectivity index (χ2v) is 8.50. The second-order valence-electron chi connectivity index (χ2n) is 8.50. The van der Waals surface area contributed by atoms with Crippen LogP contribution < -0.4 is 15.4 Å². The van der Waals surface area contributed by atoms with Crippen molar-refractivity contribution in [2.24, 2.45) is 7.05 Å². The summed E-state index contributed by atoms with van der Waals surface area (Å²) in [6, 6.07) is 14.5. The van der Waals surface area contributed by atoms with E-state index in [0.29, 0.717) is 50.1 Å². The summed E-state index contributed by atoms with van der Waals surface area (Å²) in [5.74, 6) is -1.16. The number of nitrogens with zero attached hydrogens (tertiary/aromatic N) is 3. The molecule has 0 radical (unpaired) electrons. The molecule has 186 valence electrons. The zero-order chi connectivity index (χ0) is 24.8. The number of nitrogens with one attached hydrogen (secondary N) is 2. The molecular formula is C25H29F2N5O3. The third kappa shape index (κ3) is 6.34. The van der Waals surface area contributed by atoms with Crippen molar-refractivity contribution in [1.82, 2.24) is 20.0 Å². The SMILES string of the molecule is COCCN1CC(NC(=O)Nc2cc(OCc3ccccc3)nn2C)C(c2ccc(F)c(F)c2)C1. The maximum Gasteiger partial charge on any atom is 0.320 e. The van der Waals surface area contributed by atoms with Crippen LogP contribution in [0.5, 0.6) is 5.88 Å². The summed E-state index contributed by atoms with van der Waals surface area (Å²) in [6.07, 6.45) is 0. The number of hydrogen-bond acceptors (Lipinski definition) is 5. The summed E-state index contributed by atoms with van der Waals surface area (Å²) in [4.78, 5) is 15.0. The highest BCUT2D eigenvalue weighted by atomic mass is 19.2. The Morgan fingerprint density at radius 1 is 1.11 bits per heavy atom. The molecule has 2 atom stereocenters. The van der Waals surface area contributed by atoms with E-state index < -0.39 is 17.7 Å². The van der Waals surface area contributed by atoms with E-state index in [9.17, 15) is 13.6 Å². The van der Waals surface area contributed by atoms with Gasteiger partial charge in [0.2, 0.25) is 5.88 Å². The van der Waals surface area contributed by atoms with Crippen LogP contribution in [0.2, 0.25) is 0 Å². The summed E-state index contributed by atoms with van der Waals surface area (Å²) in [7, 11) is 3.33. The number of ether oxygens (including phenoxy) is 2. The molecule has 2 heterocycles. The number of urea groups is 1. The molecule has 3 aromatic rings. The third-order valence-electron chi connectivity index (χ3n) is 6.02. The number of benzene rings is 2. The predicted octanol–water partition coefficient (Wildman–Crippen LogP) is 3.51. The minimum Gasteiger partial charge on any atom is -0.472 e. The fourth-order valence-electron chi connectivity index (χ4n) is 4.20. The van der Waals surface area contributed by atoms with Crippen LogP contribution in [0.4, 0.5) is 19.4 Å². The molecule has 35 heavy (non-hydrogen) atoms. The van der Waals surface area contributed by atoms with Crippen molar-refractivity contribution >= 4 is 11.8 Å². The van der Waals surface area contributed by atoms with E-state index in [1.165, 1.54) is 10.7 Å². The van der Waals surface area contributed by atoms with Crippen molar-refractivity contribution in [3.05, 3.63) is 77.4 Å². The minimum absolute atomic E-state index is 0.205. The average molecular weight is 486 g/mol. The smallest absolute Gasteiger partial charge is 0.320 e. The van der Waals surface area contributed by atoms with Gasteiger partial charge in [0.15, 0.2) is 11.6 Å². The van der Waals surface area contributed by atoms with Crippen molar-refractivity contribution in [2.45, 2.75) is 18.6 Å². The van der Waals surface area contributed by atoms with Crippen molar-refractivity contribution in [1.29, 1.82) is 0 Å². The van der Waals surface area contributed by atoms with Gasteiger partial charge in [0.1, 0.15) is 12.4 Å². The average Bonchev–Trinajstić information content (AvgIpc) is 3.41. The fraction of sp³-hybridized carbons (Fsp3) is 0.360. The Balaban J connectivity index is 1.40. The van der Waals surface area contributed by atoms with Crippen LogP contribution in [0, 0.1) is 11.6 Å². The number of halogens is 2. The number of aromatic nitrogens is 2. The molecule has 1 saturated heterocycles. The van der Waals surface area contributed by atoms with E-state index in [4.69, 9.17) is 9.47 Å².